The van der Waals surface area contributed by atoms with Gasteiger partial charge in [-0.15, -0.1) is 12.4 Å². The first-order valence-electron chi connectivity index (χ1n) is 6.73. The Kier molecular flexibility index (Phi) is 8.66. The van der Waals surface area contributed by atoms with Crippen LogP contribution in [0.4, 0.5) is 5.69 Å². The maximum Gasteiger partial charge on any atom is 0.317 e. The lowest BCUT2D eigenvalue weighted by molar-refractivity contribution is -0.138. The first kappa shape index (κ1) is 19.4. The Bertz CT molecular complexity index is 472. The fourth-order valence-corrected chi connectivity index (χ4v) is 2.17. The van der Waals surface area contributed by atoms with E-state index in [0.29, 0.717) is 6.54 Å². The summed E-state index contributed by atoms with van der Waals surface area (Å²) in [5, 5.41) is 11.6. The standard InChI is InChI=1S/C15H22N2O3.ClH/c1-4-5-17(10-15(19)20)9-14(18)16-13-7-11(2)6-12(3)8-13;/h6-8H,4-5,9-10H2,1-3H3,(H,16,18)(H,19,20);1H. The molecule has 1 aromatic carbocycles. The minimum atomic E-state index is -0.919. The molecule has 0 aromatic heterocycles. The van der Waals surface area contributed by atoms with E-state index in [1.807, 2.05) is 39.0 Å². The van der Waals surface area contributed by atoms with Crippen LogP contribution in [0, 0.1) is 13.8 Å². The van der Waals surface area contributed by atoms with Crippen molar-refractivity contribution >= 4 is 30.0 Å². The van der Waals surface area contributed by atoms with E-state index in [4.69, 9.17) is 5.11 Å². The number of anilines is 1. The van der Waals surface area contributed by atoms with Crippen LogP contribution in [0.3, 0.4) is 0 Å². The number of hydrogen-bond donors (Lipinski definition) is 2. The van der Waals surface area contributed by atoms with E-state index < -0.39 is 5.97 Å². The second kappa shape index (κ2) is 9.37. The molecule has 118 valence electrons. The van der Waals surface area contributed by atoms with E-state index in [-0.39, 0.29) is 31.4 Å². The molecule has 0 radical (unpaired) electrons. The molecule has 2 N–H and O–H groups in total. The number of carbonyl (C=O) groups is 2. The Morgan fingerprint density at radius 1 is 1.14 bits per heavy atom. The third-order valence-electron chi connectivity index (χ3n) is 2.77. The monoisotopic (exact) mass is 314 g/mol. The lowest BCUT2D eigenvalue weighted by atomic mass is 10.1. The molecule has 0 fully saturated rings. The summed E-state index contributed by atoms with van der Waals surface area (Å²) < 4.78 is 0. The number of benzene rings is 1. The molecule has 0 aliphatic carbocycles. The average Bonchev–Trinajstić information content (AvgIpc) is 2.26. The summed E-state index contributed by atoms with van der Waals surface area (Å²) in [4.78, 5) is 24.3. The van der Waals surface area contributed by atoms with Crippen molar-refractivity contribution < 1.29 is 14.7 Å². The van der Waals surface area contributed by atoms with Gasteiger partial charge < -0.3 is 10.4 Å². The van der Waals surface area contributed by atoms with Crippen LogP contribution in [0.1, 0.15) is 24.5 Å². The molecule has 0 aliphatic heterocycles. The van der Waals surface area contributed by atoms with E-state index in [1.165, 1.54) is 0 Å². The number of rotatable bonds is 7. The smallest absolute Gasteiger partial charge is 0.317 e. The number of carboxylic acids is 1. The van der Waals surface area contributed by atoms with Gasteiger partial charge in [0.1, 0.15) is 0 Å². The van der Waals surface area contributed by atoms with Gasteiger partial charge in [-0.3, -0.25) is 14.5 Å². The van der Waals surface area contributed by atoms with Gasteiger partial charge in [0.2, 0.25) is 5.91 Å². The predicted molar refractivity (Wildman–Crippen MR) is 86.2 cm³/mol. The van der Waals surface area contributed by atoms with Gasteiger partial charge in [-0.05, 0) is 50.1 Å². The molecular weight excluding hydrogens is 292 g/mol. The van der Waals surface area contributed by atoms with Crippen LogP contribution in [-0.4, -0.2) is 41.5 Å². The first-order valence-corrected chi connectivity index (χ1v) is 6.73. The summed E-state index contributed by atoms with van der Waals surface area (Å²) in [6.45, 7) is 6.46. The van der Waals surface area contributed by atoms with Crippen LogP contribution in [0.5, 0.6) is 0 Å². The molecule has 0 bridgehead atoms. The van der Waals surface area contributed by atoms with Crippen molar-refractivity contribution in [3.05, 3.63) is 29.3 Å². The zero-order valence-electron chi connectivity index (χ0n) is 12.7. The SMILES string of the molecule is CCCN(CC(=O)O)CC(=O)Nc1cc(C)cc(C)c1.Cl. The molecule has 1 rings (SSSR count). The molecule has 0 aliphatic rings. The molecule has 0 atom stereocenters. The molecule has 1 aromatic rings. The Labute approximate surface area is 131 Å². The first-order chi connectivity index (χ1) is 9.40. The van der Waals surface area contributed by atoms with Crippen molar-refractivity contribution in [3.8, 4) is 0 Å². The van der Waals surface area contributed by atoms with Crippen molar-refractivity contribution in [2.75, 3.05) is 25.0 Å². The summed E-state index contributed by atoms with van der Waals surface area (Å²) >= 11 is 0. The van der Waals surface area contributed by atoms with Crippen LogP contribution >= 0.6 is 12.4 Å². The maximum atomic E-state index is 12.0. The van der Waals surface area contributed by atoms with Gasteiger partial charge in [0.05, 0.1) is 13.1 Å². The van der Waals surface area contributed by atoms with Crippen molar-refractivity contribution in [1.82, 2.24) is 4.90 Å². The maximum absolute atomic E-state index is 12.0. The van der Waals surface area contributed by atoms with E-state index in [9.17, 15) is 9.59 Å². The zero-order chi connectivity index (χ0) is 15.1. The number of hydrogen-bond acceptors (Lipinski definition) is 3. The summed E-state index contributed by atoms with van der Waals surface area (Å²) in [6.07, 6.45) is 0.810. The number of nitrogens with one attached hydrogen (secondary N) is 1. The minimum Gasteiger partial charge on any atom is -0.480 e. The van der Waals surface area contributed by atoms with Crippen molar-refractivity contribution in [2.45, 2.75) is 27.2 Å². The number of carbonyl (C=O) groups excluding carboxylic acids is 1. The highest BCUT2D eigenvalue weighted by Crippen LogP contribution is 2.13. The Morgan fingerprint density at radius 2 is 1.71 bits per heavy atom. The highest BCUT2D eigenvalue weighted by molar-refractivity contribution is 5.92. The van der Waals surface area contributed by atoms with Gasteiger partial charge in [0.15, 0.2) is 0 Å². The van der Waals surface area contributed by atoms with E-state index in [2.05, 4.69) is 5.32 Å². The third kappa shape index (κ3) is 7.68. The lowest BCUT2D eigenvalue weighted by Gasteiger charge is -2.18. The van der Waals surface area contributed by atoms with Gasteiger partial charge in [0.25, 0.3) is 0 Å². The second-order valence-electron chi connectivity index (χ2n) is 5.03. The third-order valence-corrected chi connectivity index (χ3v) is 2.77. The highest BCUT2D eigenvalue weighted by Gasteiger charge is 2.13. The Morgan fingerprint density at radius 3 is 2.19 bits per heavy atom. The van der Waals surface area contributed by atoms with Crippen LogP contribution in [0.15, 0.2) is 18.2 Å². The summed E-state index contributed by atoms with van der Waals surface area (Å²) in [5.74, 6) is -1.11. The number of halogens is 1. The Hall–Kier alpha value is -1.59. The van der Waals surface area contributed by atoms with Crippen LogP contribution in [0.2, 0.25) is 0 Å². The number of carboxylic acid groups (broad SMARTS) is 1. The number of nitrogens with zero attached hydrogens (tertiary/aromatic N) is 1. The molecule has 0 saturated heterocycles. The van der Waals surface area contributed by atoms with Gasteiger partial charge in [0, 0.05) is 5.69 Å². The van der Waals surface area contributed by atoms with E-state index in [1.54, 1.807) is 4.90 Å². The van der Waals surface area contributed by atoms with Gasteiger partial charge >= 0.3 is 5.97 Å². The largest absolute Gasteiger partial charge is 0.480 e. The lowest BCUT2D eigenvalue weighted by Crippen LogP contribution is -2.37. The highest BCUT2D eigenvalue weighted by atomic mass is 35.5. The number of amides is 1. The van der Waals surface area contributed by atoms with Gasteiger partial charge in [-0.1, -0.05) is 13.0 Å². The zero-order valence-corrected chi connectivity index (χ0v) is 13.5. The molecule has 0 spiro atoms. The van der Waals surface area contributed by atoms with Gasteiger partial charge in [-0.25, -0.2) is 0 Å². The summed E-state index contributed by atoms with van der Waals surface area (Å²) in [7, 11) is 0. The van der Waals surface area contributed by atoms with Crippen molar-refractivity contribution in [2.24, 2.45) is 0 Å². The van der Waals surface area contributed by atoms with Crippen LogP contribution < -0.4 is 5.32 Å². The molecule has 21 heavy (non-hydrogen) atoms. The second-order valence-corrected chi connectivity index (χ2v) is 5.03. The Balaban J connectivity index is 0.00000400. The van der Waals surface area contributed by atoms with E-state index >= 15 is 0 Å². The fourth-order valence-electron chi connectivity index (χ4n) is 2.17. The molecule has 0 saturated carbocycles. The molecular formula is C15H23ClN2O3. The normalized spacial score (nSPS) is 10.1. The van der Waals surface area contributed by atoms with Crippen LogP contribution in [0.25, 0.3) is 0 Å². The van der Waals surface area contributed by atoms with Crippen molar-refractivity contribution in [3.63, 3.8) is 0 Å². The summed E-state index contributed by atoms with van der Waals surface area (Å²) in [6, 6.07) is 5.82. The molecule has 6 heteroatoms. The average molecular weight is 315 g/mol. The fraction of sp³-hybridized carbons (Fsp3) is 0.467. The number of aliphatic carboxylic acids is 1. The molecule has 0 heterocycles. The molecule has 0 unspecified atom stereocenters. The predicted octanol–water partition coefficient (Wildman–Crippen LogP) is 2.46. The topological polar surface area (TPSA) is 69.6 Å². The minimum absolute atomic E-state index is 0. The molecule has 5 nitrogen and oxygen atoms in total. The number of aryl methyl sites for hydroxylation is 2. The molecule has 1 amide bonds. The van der Waals surface area contributed by atoms with Crippen LogP contribution in [-0.2, 0) is 9.59 Å². The van der Waals surface area contributed by atoms with Crippen molar-refractivity contribution in [1.29, 1.82) is 0 Å². The summed E-state index contributed by atoms with van der Waals surface area (Å²) in [5.41, 5.74) is 2.91. The quantitative estimate of drug-likeness (QED) is 0.811. The van der Waals surface area contributed by atoms with Gasteiger partial charge in [-0.2, -0.15) is 0 Å². The van der Waals surface area contributed by atoms with E-state index in [0.717, 1.165) is 23.2 Å².